The molecular weight excluding hydrogens is 450 g/mol. The summed E-state index contributed by atoms with van der Waals surface area (Å²) in [4.78, 5) is 25.8. The topological polar surface area (TPSA) is 110 Å². The van der Waals surface area contributed by atoms with Gasteiger partial charge in [-0.2, -0.15) is 0 Å². The zero-order valence-corrected chi connectivity index (χ0v) is 19.6. The average Bonchev–Trinajstić information content (AvgIpc) is 2.78. The van der Waals surface area contributed by atoms with Crippen molar-refractivity contribution in [2.75, 3.05) is 17.8 Å². The van der Waals surface area contributed by atoms with E-state index in [1.807, 2.05) is 12.1 Å². The number of hydrogen-bond donors (Lipinski definition) is 2. The summed E-state index contributed by atoms with van der Waals surface area (Å²) in [5, 5.41) is 0.172. The Morgan fingerprint density at radius 3 is 2.38 bits per heavy atom. The molecule has 7 nitrogen and oxygen atoms in total. The number of sulfonamides is 1. The van der Waals surface area contributed by atoms with Crippen molar-refractivity contribution in [3.8, 4) is 0 Å². The van der Waals surface area contributed by atoms with E-state index in [9.17, 15) is 18.0 Å². The molecule has 1 saturated heterocycles. The lowest BCUT2D eigenvalue weighted by Crippen LogP contribution is -2.41. The SMILES string of the molecule is CCCCc1ccc(NS(=O)(=O)c2ccc(Cl)c(C(=O)N3CCC(C(N)=O)CC3)c2)cc1. The number of rotatable bonds is 8. The molecule has 172 valence electrons. The van der Waals surface area contributed by atoms with E-state index in [0.717, 1.165) is 24.8 Å². The van der Waals surface area contributed by atoms with E-state index in [1.165, 1.54) is 18.2 Å². The van der Waals surface area contributed by atoms with Crippen molar-refractivity contribution in [2.45, 2.75) is 43.9 Å². The summed E-state index contributed by atoms with van der Waals surface area (Å²) in [7, 11) is -3.91. The van der Waals surface area contributed by atoms with Crippen molar-refractivity contribution < 1.29 is 18.0 Å². The van der Waals surface area contributed by atoms with Gasteiger partial charge in [0.05, 0.1) is 15.5 Å². The maximum absolute atomic E-state index is 13.0. The molecule has 2 amide bonds. The van der Waals surface area contributed by atoms with Crippen LogP contribution in [0.4, 0.5) is 5.69 Å². The summed E-state index contributed by atoms with van der Waals surface area (Å²) in [5.74, 6) is -0.985. The second-order valence-electron chi connectivity index (χ2n) is 8.02. The van der Waals surface area contributed by atoms with E-state index in [-0.39, 0.29) is 33.2 Å². The van der Waals surface area contributed by atoms with E-state index in [0.29, 0.717) is 31.6 Å². The summed E-state index contributed by atoms with van der Waals surface area (Å²) in [6.45, 7) is 2.85. The lowest BCUT2D eigenvalue weighted by molar-refractivity contribution is -0.123. The van der Waals surface area contributed by atoms with Gasteiger partial charge in [-0.3, -0.25) is 14.3 Å². The molecule has 0 aliphatic carbocycles. The number of anilines is 1. The van der Waals surface area contributed by atoms with Crippen molar-refractivity contribution >= 4 is 39.1 Å². The fourth-order valence-corrected chi connectivity index (χ4v) is 4.99. The minimum absolute atomic E-state index is 0.0488. The highest BCUT2D eigenvalue weighted by Crippen LogP contribution is 2.26. The van der Waals surface area contributed by atoms with Crippen LogP contribution in [0.1, 0.15) is 48.5 Å². The first-order valence-corrected chi connectivity index (χ1v) is 12.6. The molecule has 1 fully saturated rings. The third-order valence-corrected chi connectivity index (χ3v) is 7.40. The van der Waals surface area contributed by atoms with Crippen LogP contribution in [0.3, 0.4) is 0 Å². The summed E-state index contributed by atoms with van der Waals surface area (Å²) in [6, 6.07) is 11.3. The zero-order chi connectivity index (χ0) is 23.3. The first-order valence-electron chi connectivity index (χ1n) is 10.7. The van der Waals surface area contributed by atoms with Crippen LogP contribution < -0.4 is 10.5 Å². The summed E-state index contributed by atoms with van der Waals surface area (Å²) < 4.78 is 28.4. The molecule has 32 heavy (non-hydrogen) atoms. The Morgan fingerprint density at radius 2 is 1.78 bits per heavy atom. The minimum Gasteiger partial charge on any atom is -0.369 e. The quantitative estimate of drug-likeness (QED) is 0.602. The second-order valence-corrected chi connectivity index (χ2v) is 10.1. The van der Waals surface area contributed by atoms with Crippen LogP contribution in [-0.2, 0) is 21.2 Å². The number of likely N-dealkylation sites (tertiary alicyclic amines) is 1. The normalized spacial score (nSPS) is 14.9. The lowest BCUT2D eigenvalue weighted by Gasteiger charge is -2.30. The molecule has 0 aromatic heterocycles. The number of benzene rings is 2. The molecule has 2 aromatic carbocycles. The number of nitrogens with two attached hydrogens (primary N) is 1. The first-order chi connectivity index (χ1) is 15.2. The third-order valence-electron chi connectivity index (χ3n) is 5.69. The Bertz CT molecular complexity index is 1080. The highest BCUT2D eigenvalue weighted by atomic mass is 35.5. The fraction of sp³-hybridized carbons (Fsp3) is 0.391. The lowest BCUT2D eigenvalue weighted by atomic mass is 9.96. The number of unbranched alkanes of at least 4 members (excludes halogenated alkanes) is 1. The number of primary amides is 1. The third kappa shape index (κ3) is 5.81. The summed E-state index contributed by atoms with van der Waals surface area (Å²) in [5.41, 5.74) is 7.05. The van der Waals surface area contributed by atoms with Crippen molar-refractivity contribution in [1.29, 1.82) is 0 Å². The van der Waals surface area contributed by atoms with E-state index in [2.05, 4.69) is 11.6 Å². The number of amides is 2. The van der Waals surface area contributed by atoms with Crippen molar-refractivity contribution in [3.63, 3.8) is 0 Å². The van der Waals surface area contributed by atoms with Crippen LogP contribution in [0.25, 0.3) is 0 Å². The number of hydrogen-bond acceptors (Lipinski definition) is 4. The van der Waals surface area contributed by atoms with Gasteiger partial charge in [-0.1, -0.05) is 37.1 Å². The maximum Gasteiger partial charge on any atom is 0.261 e. The molecule has 1 aliphatic heterocycles. The molecule has 0 unspecified atom stereocenters. The van der Waals surface area contributed by atoms with E-state index in [1.54, 1.807) is 17.0 Å². The van der Waals surface area contributed by atoms with Gasteiger partial charge in [-0.05, 0) is 61.6 Å². The first kappa shape index (κ1) is 24.1. The molecule has 2 aromatic rings. The van der Waals surface area contributed by atoms with Crippen LogP contribution in [0.2, 0.25) is 5.02 Å². The van der Waals surface area contributed by atoms with Crippen molar-refractivity contribution in [3.05, 3.63) is 58.6 Å². The van der Waals surface area contributed by atoms with Gasteiger partial charge in [0.25, 0.3) is 15.9 Å². The molecule has 0 radical (unpaired) electrons. The van der Waals surface area contributed by atoms with E-state index < -0.39 is 10.0 Å². The van der Waals surface area contributed by atoms with Crippen molar-refractivity contribution in [2.24, 2.45) is 11.7 Å². The van der Waals surface area contributed by atoms with Gasteiger partial charge in [0.15, 0.2) is 0 Å². The molecule has 9 heteroatoms. The molecule has 0 atom stereocenters. The molecule has 0 spiro atoms. The van der Waals surface area contributed by atoms with Crippen LogP contribution in [0, 0.1) is 5.92 Å². The Balaban J connectivity index is 1.75. The van der Waals surface area contributed by atoms with Crippen LogP contribution >= 0.6 is 11.6 Å². The maximum atomic E-state index is 13.0. The Kier molecular flexibility index (Phi) is 7.79. The predicted molar refractivity (Wildman–Crippen MR) is 125 cm³/mol. The van der Waals surface area contributed by atoms with E-state index >= 15 is 0 Å². The smallest absolute Gasteiger partial charge is 0.261 e. The molecule has 3 N–H and O–H groups in total. The molecule has 0 saturated carbocycles. The standard InChI is InChI=1S/C23H28ClN3O4S/c1-2-3-4-16-5-7-18(8-6-16)26-32(30,31)19-9-10-21(24)20(15-19)23(29)27-13-11-17(12-14-27)22(25)28/h5-10,15,17,26H,2-4,11-14H2,1H3,(H2,25,28). The van der Waals surface area contributed by atoms with Gasteiger partial charge in [-0.15, -0.1) is 0 Å². The summed E-state index contributed by atoms with van der Waals surface area (Å²) in [6.07, 6.45) is 4.07. The Hall–Kier alpha value is -2.58. The number of aryl methyl sites for hydroxylation is 1. The molecule has 0 bridgehead atoms. The minimum atomic E-state index is -3.91. The molecule has 3 rings (SSSR count). The van der Waals surface area contributed by atoms with Gasteiger partial charge >= 0.3 is 0 Å². The zero-order valence-electron chi connectivity index (χ0n) is 18.0. The second kappa shape index (κ2) is 10.4. The van der Waals surface area contributed by atoms with Gasteiger partial charge in [0.1, 0.15) is 0 Å². The predicted octanol–water partition coefficient (Wildman–Crippen LogP) is 3.82. The number of nitrogens with one attached hydrogen (secondary N) is 1. The number of carbonyl (C=O) groups is 2. The highest BCUT2D eigenvalue weighted by molar-refractivity contribution is 7.92. The fourth-order valence-electron chi connectivity index (χ4n) is 3.71. The van der Waals surface area contributed by atoms with Gasteiger partial charge in [-0.25, -0.2) is 8.42 Å². The van der Waals surface area contributed by atoms with Crippen LogP contribution in [-0.4, -0.2) is 38.2 Å². The highest BCUT2D eigenvalue weighted by Gasteiger charge is 2.28. The Morgan fingerprint density at radius 1 is 1.12 bits per heavy atom. The molecule has 1 aliphatic rings. The van der Waals surface area contributed by atoms with Gasteiger partial charge in [0.2, 0.25) is 5.91 Å². The van der Waals surface area contributed by atoms with Crippen molar-refractivity contribution in [1.82, 2.24) is 4.90 Å². The molecule has 1 heterocycles. The number of carbonyl (C=O) groups excluding carboxylic acids is 2. The summed E-state index contributed by atoms with van der Waals surface area (Å²) >= 11 is 6.22. The average molecular weight is 478 g/mol. The largest absolute Gasteiger partial charge is 0.369 e. The monoisotopic (exact) mass is 477 g/mol. The number of piperidine rings is 1. The molecular formula is C23H28ClN3O4S. The Labute approximate surface area is 194 Å². The van der Waals surface area contributed by atoms with Crippen LogP contribution in [0.5, 0.6) is 0 Å². The van der Waals surface area contributed by atoms with E-state index in [4.69, 9.17) is 17.3 Å². The number of nitrogens with zero attached hydrogens (tertiary/aromatic N) is 1. The number of halogens is 1. The van der Waals surface area contributed by atoms with Crippen LogP contribution in [0.15, 0.2) is 47.4 Å². The van der Waals surface area contributed by atoms with Gasteiger partial charge < -0.3 is 10.6 Å². The van der Waals surface area contributed by atoms with Gasteiger partial charge in [0, 0.05) is 24.7 Å².